The highest BCUT2D eigenvalue weighted by molar-refractivity contribution is 9.10. The first-order valence-electron chi connectivity index (χ1n) is 11.9. The molecule has 4 rings (SSSR count). The van der Waals surface area contributed by atoms with Crippen LogP contribution in [0.4, 0.5) is 5.69 Å². The van der Waals surface area contributed by atoms with Gasteiger partial charge in [0.2, 0.25) is 11.8 Å². The minimum absolute atomic E-state index is 0.0155. The van der Waals surface area contributed by atoms with Crippen molar-refractivity contribution < 1.29 is 14.4 Å². The lowest BCUT2D eigenvalue weighted by molar-refractivity contribution is -0.140. The third kappa shape index (κ3) is 5.40. The predicted molar refractivity (Wildman–Crippen MR) is 142 cm³/mol. The first kappa shape index (κ1) is 24.9. The average Bonchev–Trinajstić information content (AvgIpc) is 3.10. The van der Waals surface area contributed by atoms with Gasteiger partial charge >= 0.3 is 0 Å². The van der Waals surface area contributed by atoms with Crippen molar-refractivity contribution in [2.45, 2.75) is 52.2 Å². The van der Waals surface area contributed by atoms with Crippen molar-refractivity contribution in [3.05, 3.63) is 76.3 Å². The summed E-state index contributed by atoms with van der Waals surface area (Å²) in [7, 11) is 0. The van der Waals surface area contributed by atoms with Gasteiger partial charge in [-0.1, -0.05) is 52.3 Å². The topological polar surface area (TPSA) is 69.7 Å². The van der Waals surface area contributed by atoms with Gasteiger partial charge in [0.15, 0.2) is 0 Å². The van der Waals surface area contributed by atoms with Gasteiger partial charge in [-0.25, -0.2) is 0 Å². The molecule has 3 aromatic rings. The number of anilines is 1. The standard InChI is InChI=1S/C28H30BrN3O3/c1-18(2)30-27(34)19(3)32(17-20-8-4-11-22(29)16-20)25(33)14-7-15-31-24-13-6-10-21-9-5-12-23(26(21)24)28(31)35/h4-6,8-13,16,18-19H,7,14-15,17H2,1-3H3,(H,30,34). The number of nitrogens with zero attached hydrogens (tertiary/aromatic N) is 2. The lowest BCUT2D eigenvalue weighted by atomic mass is 10.1. The van der Waals surface area contributed by atoms with Crippen molar-refractivity contribution in [1.29, 1.82) is 0 Å². The molecule has 182 valence electrons. The first-order valence-corrected chi connectivity index (χ1v) is 12.7. The molecule has 35 heavy (non-hydrogen) atoms. The normalized spacial score (nSPS) is 13.4. The second-order valence-corrected chi connectivity index (χ2v) is 10.1. The second kappa shape index (κ2) is 10.6. The molecule has 0 saturated heterocycles. The Balaban J connectivity index is 1.46. The number of carbonyl (C=O) groups excluding carboxylic acids is 3. The number of amides is 3. The molecule has 6 nitrogen and oxygen atoms in total. The van der Waals surface area contributed by atoms with Crippen LogP contribution in [0.25, 0.3) is 10.8 Å². The van der Waals surface area contributed by atoms with E-state index in [1.54, 1.807) is 16.7 Å². The van der Waals surface area contributed by atoms with Gasteiger partial charge in [0.1, 0.15) is 6.04 Å². The summed E-state index contributed by atoms with van der Waals surface area (Å²) in [5, 5.41) is 4.92. The summed E-state index contributed by atoms with van der Waals surface area (Å²) in [6.45, 7) is 6.33. The van der Waals surface area contributed by atoms with Gasteiger partial charge in [0.25, 0.3) is 5.91 Å². The molecule has 0 spiro atoms. The Labute approximate surface area is 214 Å². The third-order valence-electron chi connectivity index (χ3n) is 6.26. The van der Waals surface area contributed by atoms with Crippen LogP contribution in [0.5, 0.6) is 0 Å². The van der Waals surface area contributed by atoms with E-state index in [0.717, 1.165) is 26.5 Å². The highest BCUT2D eigenvalue weighted by Gasteiger charge is 2.30. The Kier molecular flexibility index (Phi) is 7.55. The molecule has 1 heterocycles. The molecule has 7 heteroatoms. The number of benzene rings is 3. The molecule has 0 saturated carbocycles. The van der Waals surface area contributed by atoms with E-state index < -0.39 is 6.04 Å². The van der Waals surface area contributed by atoms with E-state index in [0.29, 0.717) is 25.1 Å². The number of nitrogens with one attached hydrogen (secondary N) is 1. The molecule has 3 amide bonds. The zero-order chi connectivity index (χ0) is 25.1. The number of carbonyl (C=O) groups is 3. The smallest absolute Gasteiger partial charge is 0.258 e. The van der Waals surface area contributed by atoms with Crippen molar-refractivity contribution in [1.82, 2.24) is 10.2 Å². The maximum Gasteiger partial charge on any atom is 0.258 e. The summed E-state index contributed by atoms with van der Waals surface area (Å²) in [6, 6.07) is 18.8. The largest absolute Gasteiger partial charge is 0.352 e. The monoisotopic (exact) mass is 535 g/mol. The fourth-order valence-electron chi connectivity index (χ4n) is 4.55. The van der Waals surface area contributed by atoms with E-state index in [2.05, 4.69) is 21.2 Å². The van der Waals surface area contributed by atoms with E-state index in [1.807, 2.05) is 74.5 Å². The Bertz CT molecular complexity index is 1270. The van der Waals surface area contributed by atoms with Gasteiger partial charge in [-0.15, -0.1) is 0 Å². The summed E-state index contributed by atoms with van der Waals surface area (Å²) < 4.78 is 0.919. The van der Waals surface area contributed by atoms with Crippen LogP contribution in [0.2, 0.25) is 0 Å². The fraction of sp³-hybridized carbons (Fsp3) is 0.321. The molecule has 1 aliphatic heterocycles. The quantitative estimate of drug-likeness (QED) is 0.405. The number of hydrogen-bond acceptors (Lipinski definition) is 3. The number of hydrogen-bond donors (Lipinski definition) is 1. The highest BCUT2D eigenvalue weighted by atomic mass is 79.9. The van der Waals surface area contributed by atoms with Crippen LogP contribution in [0.15, 0.2) is 65.1 Å². The van der Waals surface area contributed by atoms with Crippen molar-refractivity contribution in [2.24, 2.45) is 0 Å². The predicted octanol–water partition coefficient (Wildman–Crippen LogP) is 5.28. The van der Waals surface area contributed by atoms with Gasteiger partial charge in [-0.2, -0.15) is 0 Å². The molecule has 0 aliphatic carbocycles. The van der Waals surface area contributed by atoms with Gasteiger partial charge < -0.3 is 15.1 Å². The maximum absolute atomic E-state index is 13.4. The molecule has 1 N–H and O–H groups in total. The van der Waals surface area contributed by atoms with Crippen LogP contribution in [0.3, 0.4) is 0 Å². The summed E-state index contributed by atoms with van der Waals surface area (Å²) in [6.07, 6.45) is 0.742. The molecule has 0 fully saturated rings. The SMILES string of the molecule is CC(C)NC(=O)C(C)N(Cc1cccc(Br)c1)C(=O)CCCN1C(=O)c2cccc3cccc1c23. The molecule has 1 aliphatic rings. The minimum Gasteiger partial charge on any atom is -0.352 e. The van der Waals surface area contributed by atoms with Crippen molar-refractivity contribution >= 4 is 50.1 Å². The van der Waals surface area contributed by atoms with Crippen LogP contribution in [0, 0.1) is 0 Å². The van der Waals surface area contributed by atoms with E-state index in [-0.39, 0.29) is 30.2 Å². The van der Waals surface area contributed by atoms with Gasteiger partial charge in [0, 0.05) is 41.0 Å². The minimum atomic E-state index is -0.615. The van der Waals surface area contributed by atoms with Crippen molar-refractivity contribution in [3.63, 3.8) is 0 Å². The highest BCUT2D eigenvalue weighted by Crippen LogP contribution is 2.37. The van der Waals surface area contributed by atoms with Crippen LogP contribution < -0.4 is 10.2 Å². The van der Waals surface area contributed by atoms with Crippen LogP contribution in [-0.4, -0.2) is 41.2 Å². The molecular weight excluding hydrogens is 506 g/mol. The van der Waals surface area contributed by atoms with E-state index in [1.165, 1.54) is 0 Å². The average molecular weight is 536 g/mol. The van der Waals surface area contributed by atoms with Gasteiger partial charge in [-0.3, -0.25) is 14.4 Å². The van der Waals surface area contributed by atoms with E-state index >= 15 is 0 Å². The lowest BCUT2D eigenvalue weighted by Crippen LogP contribution is -2.49. The van der Waals surface area contributed by atoms with Crippen molar-refractivity contribution in [2.75, 3.05) is 11.4 Å². The van der Waals surface area contributed by atoms with Crippen LogP contribution in [0.1, 0.15) is 49.5 Å². The molecule has 0 aromatic heterocycles. The van der Waals surface area contributed by atoms with Crippen molar-refractivity contribution in [3.8, 4) is 0 Å². The summed E-state index contributed by atoms with van der Waals surface area (Å²) >= 11 is 3.48. The number of rotatable bonds is 9. The Morgan fingerprint density at radius 1 is 1.03 bits per heavy atom. The molecule has 0 radical (unpaired) electrons. The molecule has 3 aromatic carbocycles. The van der Waals surface area contributed by atoms with Gasteiger partial charge in [-0.05, 0) is 62.4 Å². The molecular formula is C28H30BrN3O3. The Morgan fingerprint density at radius 2 is 1.74 bits per heavy atom. The summed E-state index contributed by atoms with van der Waals surface area (Å²) in [4.78, 5) is 42.5. The molecule has 1 unspecified atom stereocenters. The lowest BCUT2D eigenvalue weighted by Gasteiger charge is -2.30. The zero-order valence-electron chi connectivity index (χ0n) is 20.3. The zero-order valence-corrected chi connectivity index (χ0v) is 21.8. The Morgan fingerprint density at radius 3 is 2.46 bits per heavy atom. The first-order chi connectivity index (χ1) is 16.8. The molecule has 0 bridgehead atoms. The van der Waals surface area contributed by atoms with Gasteiger partial charge in [0.05, 0.1) is 5.69 Å². The summed E-state index contributed by atoms with van der Waals surface area (Å²) in [5.41, 5.74) is 2.54. The van der Waals surface area contributed by atoms with Crippen LogP contribution >= 0.6 is 15.9 Å². The Hall–Kier alpha value is -3.19. The van der Waals surface area contributed by atoms with E-state index in [9.17, 15) is 14.4 Å². The maximum atomic E-state index is 13.4. The fourth-order valence-corrected chi connectivity index (χ4v) is 5.00. The van der Waals surface area contributed by atoms with E-state index in [4.69, 9.17) is 0 Å². The third-order valence-corrected chi connectivity index (χ3v) is 6.75. The summed E-state index contributed by atoms with van der Waals surface area (Å²) in [5.74, 6) is -0.320. The number of halogens is 1. The van der Waals surface area contributed by atoms with Crippen LogP contribution in [-0.2, 0) is 16.1 Å². The molecule has 1 atom stereocenters. The second-order valence-electron chi connectivity index (χ2n) is 9.23.